The van der Waals surface area contributed by atoms with E-state index in [4.69, 9.17) is 0 Å². The predicted molar refractivity (Wildman–Crippen MR) is 149 cm³/mol. The summed E-state index contributed by atoms with van der Waals surface area (Å²) in [4.78, 5) is 28.3. The maximum Gasteiger partial charge on any atom is 0.264 e. The average molecular weight is 605 g/mol. The summed E-state index contributed by atoms with van der Waals surface area (Å²) in [5, 5.41) is 2.83. The maximum absolute atomic E-state index is 13.9. The Bertz CT molecular complexity index is 1340. The van der Waals surface area contributed by atoms with Crippen molar-refractivity contribution in [2.75, 3.05) is 17.4 Å². The van der Waals surface area contributed by atoms with Crippen LogP contribution in [-0.2, 0) is 26.2 Å². The lowest BCUT2D eigenvalue weighted by molar-refractivity contribution is -0.140. The summed E-state index contributed by atoms with van der Waals surface area (Å²) in [6, 6.07) is 19.3. The molecule has 0 spiro atoms. The summed E-state index contributed by atoms with van der Waals surface area (Å²) in [5.74, 6) is -1.31. The second-order valence-corrected chi connectivity index (χ2v) is 11.4. The number of carbonyl (C=O) groups is 2. The second kappa shape index (κ2) is 13.5. The zero-order valence-electron chi connectivity index (χ0n) is 21.3. The number of sulfonamides is 1. The minimum absolute atomic E-state index is 0.00880. The van der Waals surface area contributed by atoms with Crippen molar-refractivity contribution in [1.82, 2.24) is 10.2 Å². The van der Waals surface area contributed by atoms with Gasteiger partial charge >= 0.3 is 0 Å². The third-order valence-corrected chi connectivity index (χ3v) is 8.19. The number of anilines is 1. The van der Waals surface area contributed by atoms with Crippen molar-refractivity contribution in [2.45, 2.75) is 44.2 Å². The Hall–Kier alpha value is -3.24. The van der Waals surface area contributed by atoms with E-state index in [1.807, 2.05) is 6.92 Å². The van der Waals surface area contributed by atoms with E-state index < -0.39 is 34.3 Å². The van der Waals surface area contributed by atoms with Gasteiger partial charge in [0.05, 0.1) is 10.6 Å². The minimum Gasteiger partial charge on any atom is -0.354 e. The third-order valence-electron chi connectivity index (χ3n) is 5.91. The normalized spacial score (nSPS) is 12.0. The number of amides is 2. The van der Waals surface area contributed by atoms with Crippen LogP contribution in [0, 0.1) is 5.82 Å². The SMILES string of the molecule is CCCNC(=O)[C@H](CC)N(Cc1ccc(F)cc1)C(=O)CN(c1cccc(Br)c1)S(=O)(=O)c1ccccc1. The summed E-state index contributed by atoms with van der Waals surface area (Å²) in [7, 11) is -4.13. The fourth-order valence-corrected chi connectivity index (χ4v) is 5.77. The topological polar surface area (TPSA) is 86.8 Å². The Morgan fingerprint density at radius 2 is 1.66 bits per heavy atom. The molecule has 0 fully saturated rings. The van der Waals surface area contributed by atoms with Crippen LogP contribution in [0.2, 0.25) is 0 Å². The first-order valence-corrected chi connectivity index (χ1v) is 14.6. The van der Waals surface area contributed by atoms with Gasteiger partial charge < -0.3 is 10.2 Å². The molecule has 38 heavy (non-hydrogen) atoms. The molecule has 0 aliphatic rings. The molecular weight excluding hydrogens is 573 g/mol. The van der Waals surface area contributed by atoms with Crippen LogP contribution in [0.5, 0.6) is 0 Å². The molecule has 0 saturated carbocycles. The maximum atomic E-state index is 13.9. The van der Waals surface area contributed by atoms with Gasteiger partial charge in [-0.15, -0.1) is 0 Å². The Balaban J connectivity index is 2.03. The van der Waals surface area contributed by atoms with E-state index in [0.717, 1.165) is 10.7 Å². The van der Waals surface area contributed by atoms with Crippen molar-refractivity contribution in [3.05, 3.63) is 94.7 Å². The van der Waals surface area contributed by atoms with Crippen molar-refractivity contribution in [3.63, 3.8) is 0 Å². The van der Waals surface area contributed by atoms with E-state index in [-0.39, 0.29) is 17.3 Å². The summed E-state index contributed by atoms with van der Waals surface area (Å²) in [6.45, 7) is 3.63. The standard InChI is InChI=1S/C28H31BrFN3O4S/c1-3-17-31-28(35)26(4-2)32(19-21-13-15-23(30)16-14-21)27(34)20-33(24-10-8-9-22(29)18-24)38(36,37)25-11-6-5-7-12-25/h5-16,18,26H,3-4,17,19-20H2,1-2H3,(H,31,35)/t26-/m0/s1. The van der Waals surface area contributed by atoms with Gasteiger partial charge in [-0.2, -0.15) is 0 Å². The first-order valence-electron chi connectivity index (χ1n) is 12.3. The van der Waals surface area contributed by atoms with Crippen molar-refractivity contribution < 1.29 is 22.4 Å². The van der Waals surface area contributed by atoms with Gasteiger partial charge in [-0.3, -0.25) is 13.9 Å². The lowest BCUT2D eigenvalue weighted by Crippen LogP contribution is -2.52. The van der Waals surface area contributed by atoms with Crippen LogP contribution < -0.4 is 9.62 Å². The number of benzene rings is 3. The molecule has 3 rings (SSSR count). The van der Waals surface area contributed by atoms with Crippen LogP contribution in [-0.4, -0.2) is 44.3 Å². The molecule has 0 saturated heterocycles. The van der Waals surface area contributed by atoms with E-state index in [0.29, 0.717) is 28.7 Å². The van der Waals surface area contributed by atoms with E-state index >= 15 is 0 Å². The molecule has 10 heteroatoms. The molecule has 0 aliphatic carbocycles. The third kappa shape index (κ3) is 7.41. The van der Waals surface area contributed by atoms with Crippen molar-refractivity contribution in [1.29, 1.82) is 0 Å². The molecule has 1 N–H and O–H groups in total. The first kappa shape index (κ1) is 29.3. The van der Waals surface area contributed by atoms with Gasteiger partial charge in [-0.25, -0.2) is 12.8 Å². The second-order valence-electron chi connectivity index (χ2n) is 8.67. The smallest absolute Gasteiger partial charge is 0.264 e. The van der Waals surface area contributed by atoms with Crippen LogP contribution in [0.25, 0.3) is 0 Å². The van der Waals surface area contributed by atoms with Gasteiger partial charge in [0.15, 0.2) is 0 Å². The van der Waals surface area contributed by atoms with Crippen molar-refractivity contribution in [3.8, 4) is 0 Å². The van der Waals surface area contributed by atoms with Crippen LogP contribution in [0.3, 0.4) is 0 Å². The highest BCUT2D eigenvalue weighted by molar-refractivity contribution is 9.10. The summed E-state index contributed by atoms with van der Waals surface area (Å²) >= 11 is 3.38. The fraction of sp³-hybridized carbons (Fsp3) is 0.286. The highest BCUT2D eigenvalue weighted by atomic mass is 79.9. The molecule has 202 valence electrons. The molecule has 1 atom stereocenters. The predicted octanol–water partition coefficient (Wildman–Crippen LogP) is 5.12. The molecule has 2 amide bonds. The summed E-state index contributed by atoms with van der Waals surface area (Å²) in [5.41, 5.74) is 0.906. The molecule has 0 heterocycles. The van der Waals surface area contributed by atoms with Crippen molar-refractivity contribution in [2.24, 2.45) is 0 Å². The molecule has 7 nitrogen and oxygen atoms in total. The minimum atomic E-state index is -4.13. The monoisotopic (exact) mass is 603 g/mol. The van der Waals surface area contributed by atoms with E-state index in [2.05, 4.69) is 21.2 Å². The molecule has 0 radical (unpaired) electrons. The van der Waals surface area contributed by atoms with Crippen molar-refractivity contribution >= 4 is 43.5 Å². The number of nitrogens with zero attached hydrogens (tertiary/aromatic N) is 2. The molecule has 0 aromatic heterocycles. The Morgan fingerprint density at radius 3 is 2.26 bits per heavy atom. The number of hydrogen-bond donors (Lipinski definition) is 1. The highest BCUT2D eigenvalue weighted by Gasteiger charge is 2.33. The lowest BCUT2D eigenvalue weighted by atomic mass is 10.1. The Labute approximate surface area is 231 Å². The van der Waals surface area contributed by atoms with Crippen LogP contribution in [0.1, 0.15) is 32.3 Å². The highest BCUT2D eigenvalue weighted by Crippen LogP contribution is 2.27. The average Bonchev–Trinajstić information content (AvgIpc) is 2.91. The Morgan fingerprint density at radius 1 is 0.974 bits per heavy atom. The quantitative estimate of drug-likeness (QED) is 0.311. The van der Waals surface area contributed by atoms with E-state index in [1.54, 1.807) is 61.5 Å². The molecule has 3 aromatic carbocycles. The number of halogens is 2. The van der Waals surface area contributed by atoms with Gasteiger partial charge in [0.25, 0.3) is 10.0 Å². The Kier molecular flexibility index (Phi) is 10.4. The van der Waals surface area contributed by atoms with Crippen LogP contribution >= 0.6 is 15.9 Å². The van der Waals surface area contributed by atoms with Crippen LogP contribution in [0.4, 0.5) is 10.1 Å². The first-order chi connectivity index (χ1) is 18.2. The van der Waals surface area contributed by atoms with E-state index in [9.17, 15) is 22.4 Å². The largest absolute Gasteiger partial charge is 0.354 e. The zero-order chi connectivity index (χ0) is 27.7. The lowest BCUT2D eigenvalue weighted by Gasteiger charge is -2.33. The van der Waals surface area contributed by atoms with Gasteiger partial charge in [-0.1, -0.05) is 66.2 Å². The van der Waals surface area contributed by atoms with E-state index in [1.165, 1.54) is 29.2 Å². The van der Waals surface area contributed by atoms with Gasteiger partial charge in [0.2, 0.25) is 11.8 Å². The molecule has 0 unspecified atom stereocenters. The number of hydrogen-bond acceptors (Lipinski definition) is 4. The van der Waals surface area contributed by atoms with Gasteiger partial charge in [0, 0.05) is 17.6 Å². The summed E-state index contributed by atoms with van der Waals surface area (Å²) in [6.07, 6.45) is 1.03. The number of rotatable bonds is 12. The molecular formula is C28H31BrFN3O4S. The van der Waals surface area contributed by atoms with Crippen LogP contribution in [0.15, 0.2) is 88.2 Å². The zero-order valence-corrected chi connectivity index (χ0v) is 23.7. The molecule has 0 aliphatic heterocycles. The summed E-state index contributed by atoms with van der Waals surface area (Å²) < 4.78 is 42.7. The molecule has 0 bridgehead atoms. The molecule has 3 aromatic rings. The number of nitrogens with one attached hydrogen (secondary N) is 1. The van der Waals surface area contributed by atoms with Gasteiger partial charge in [0.1, 0.15) is 18.4 Å². The number of carbonyl (C=O) groups excluding carboxylic acids is 2. The van der Waals surface area contributed by atoms with Gasteiger partial charge in [-0.05, 0) is 60.9 Å². The fourth-order valence-electron chi connectivity index (χ4n) is 3.95.